The number of benzene rings is 1. The predicted octanol–water partition coefficient (Wildman–Crippen LogP) is 3.79. The Morgan fingerprint density at radius 3 is 2.64 bits per heavy atom. The molecule has 1 aliphatic carbocycles. The van der Waals surface area contributed by atoms with Gasteiger partial charge in [0, 0.05) is 50.6 Å². The zero-order chi connectivity index (χ0) is 26.5. The van der Waals surface area contributed by atoms with Crippen LogP contribution in [0.3, 0.4) is 0 Å². The van der Waals surface area contributed by atoms with Gasteiger partial charge in [0.2, 0.25) is 11.9 Å². The summed E-state index contributed by atoms with van der Waals surface area (Å²) in [5.41, 5.74) is 4.17. The Morgan fingerprint density at radius 2 is 1.87 bits per heavy atom. The minimum absolute atomic E-state index is 0.266. The molecule has 5 heterocycles. The van der Waals surface area contributed by atoms with Gasteiger partial charge in [0.1, 0.15) is 5.82 Å². The largest absolute Gasteiger partial charge is 0.378 e. The number of hydrogen-bond donors (Lipinski definition) is 0. The molecule has 4 aromatic rings. The molecule has 7 rings (SSSR count). The summed E-state index contributed by atoms with van der Waals surface area (Å²) in [4.78, 5) is 36.1. The van der Waals surface area contributed by atoms with Crippen LogP contribution in [0.25, 0.3) is 27.2 Å². The second-order valence-corrected chi connectivity index (χ2v) is 12.1. The quantitative estimate of drug-likeness (QED) is 0.350. The zero-order valence-electron chi connectivity index (χ0n) is 22.7. The Balaban J connectivity index is 1.28. The standard InChI is InChI=1S/C29H35N7O2S/c1-3-24-30-21-6-4-5-7-22(21)36(24)29-31-26-19(2)23(39-27(26)28(32-29)34-12-14-38-15-13-34)17-33-10-11-35(25(37)18-33)16-20-8-9-20/h4-7,20H,3,8-18H2,1-2H3. The van der Waals surface area contributed by atoms with Gasteiger partial charge in [-0.2, -0.15) is 4.98 Å². The minimum Gasteiger partial charge on any atom is -0.378 e. The van der Waals surface area contributed by atoms with E-state index in [2.05, 4.69) is 39.2 Å². The highest BCUT2D eigenvalue weighted by Gasteiger charge is 2.31. The van der Waals surface area contributed by atoms with Crippen molar-refractivity contribution in [2.75, 3.05) is 57.4 Å². The first-order chi connectivity index (χ1) is 19.1. The number of imidazole rings is 1. The number of piperazine rings is 1. The number of morpholine rings is 1. The number of hydrogen-bond acceptors (Lipinski definition) is 8. The van der Waals surface area contributed by atoms with E-state index >= 15 is 0 Å². The number of aryl methyl sites for hydroxylation is 2. The van der Waals surface area contributed by atoms with Crippen molar-refractivity contribution in [3.8, 4) is 5.95 Å². The summed E-state index contributed by atoms with van der Waals surface area (Å²) in [7, 11) is 0. The number of carbonyl (C=O) groups excluding carboxylic acids is 1. The van der Waals surface area contributed by atoms with Crippen LogP contribution < -0.4 is 4.90 Å². The fourth-order valence-electron chi connectivity index (χ4n) is 5.78. The van der Waals surface area contributed by atoms with E-state index in [1.165, 1.54) is 23.3 Å². The molecule has 1 amide bonds. The van der Waals surface area contributed by atoms with Crippen LogP contribution in [0.15, 0.2) is 24.3 Å². The highest BCUT2D eigenvalue weighted by atomic mass is 32.1. The Morgan fingerprint density at radius 1 is 1.05 bits per heavy atom. The number of rotatable bonds is 7. The molecule has 204 valence electrons. The summed E-state index contributed by atoms with van der Waals surface area (Å²) in [6.07, 6.45) is 3.34. The first kappa shape index (κ1) is 24.9. The summed E-state index contributed by atoms with van der Waals surface area (Å²) < 4.78 is 8.90. The van der Waals surface area contributed by atoms with Gasteiger partial charge >= 0.3 is 0 Å². The smallest absolute Gasteiger partial charge is 0.238 e. The van der Waals surface area contributed by atoms with E-state index in [-0.39, 0.29) is 5.91 Å². The molecule has 2 aliphatic heterocycles. The van der Waals surface area contributed by atoms with Crippen LogP contribution in [0, 0.1) is 12.8 Å². The lowest BCUT2D eigenvalue weighted by Crippen LogP contribution is -2.50. The summed E-state index contributed by atoms with van der Waals surface area (Å²) in [6, 6.07) is 8.20. The van der Waals surface area contributed by atoms with Crippen molar-refractivity contribution in [3.63, 3.8) is 0 Å². The summed E-state index contributed by atoms with van der Waals surface area (Å²) in [5, 5.41) is 0. The highest BCUT2D eigenvalue weighted by Crippen LogP contribution is 2.38. The maximum absolute atomic E-state index is 12.9. The molecular formula is C29H35N7O2S. The molecule has 0 atom stereocenters. The number of aromatic nitrogens is 4. The summed E-state index contributed by atoms with van der Waals surface area (Å²) >= 11 is 1.78. The van der Waals surface area contributed by atoms with E-state index in [0.29, 0.717) is 25.7 Å². The normalized spacial score (nSPS) is 19.1. The molecule has 0 N–H and O–H groups in total. The van der Waals surface area contributed by atoms with Crippen LogP contribution in [0.1, 0.15) is 36.0 Å². The lowest BCUT2D eigenvalue weighted by atomic mass is 10.2. The van der Waals surface area contributed by atoms with Gasteiger partial charge in [-0.1, -0.05) is 19.1 Å². The molecular weight excluding hydrogens is 510 g/mol. The van der Waals surface area contributed by atoms with Gasteiger partial charge < -0.3 is 14.5 Å². The molecule has 39 heavy (non-hydrogen) atoms. The third-order valence-electron chi connectivity index (χ3n) is 8.23. The first-order valence-electron chi connectivity index (χ1n) is 14.2. The molecule has 1 aromatic carbocycles. The lowest BCUT2D eigenvalue weighted by Gasteiger charge is -2.34. The van der Waals surface area contributed by atoms with Crippen LogP contribution in [0.4, 0.5) is 5.82 Å². The van der Waals surface area contributed by atoms with Gasteiger partial charge in [-0.3, -0.25) is 14.3 Å². The van der Waals surface area contributed by atoms with Crippen molar-refractivity contribution in [3.05, 3.63) is 40.5 Å². The second kappa shape index (κ2) is 10.1. The number of ether oxygens (including phenoxy) is 1. The highest BCUT2D eigenvalue weighted by molar-refractivity contribution is 7.19. The van der Waals surface area contributed by atoms with Crippen LogP contribution in [0.2, 0.25) is 0 Å². The van der Waals surface area contributed by atoms with Crippen LogP contribution >= 0.6 is 11.3 Å². The van der Waals surface area contributed by atoms with Crippen molar-refractivity contribution < 1.29 is 9.53 Å². The minimum atomic E-state index is 0.266. The van der Waals surface area contributed by atoms with Crippen LogP contribution in [0.5, 0.6) is 0 Å². The summed E-state index contributed by atoms with van der Waals surface area (Å²) in [6.45, 7) is 11.2. The Bertz CT molecular complexity index is 1540. The number of thiophene rings is 1. The van der Waals surface area contributed by atoms with Crippen LogP contribution in [-0.2, 0) is 22.5 Å². The van der Waals surface area contributed by atoms with Crippen molar-refractivity contribution in [1.29, 1.82) is 0 Å². The van der Waals surface area contributed by atoms with Crippen molar-refractivity contribution in [2.24, 2.45) is 5.92 Å². The van der Waals surface area contributed by atoms with E-state index in [9.17, 15) is 4.79 Å². The maximum Gasteiger partial charge on any atom is 0.238 e. The molecule has 0 bridgehead atoms. The van der Waals surface area contributed by atoms with Gasteiger partial charge in [0.25, 0.3) is 0 Å². The fraction of sp³-hybridized carbons (Fsp3) is 0.517. The fourth-order valence-corrected chi connectivity index (χ4v) is 7.09. The van der Waals surface area contributed by atoms with E-state index in [0.717, 1.165) is 84.5 Å². The Labute approximate surface area is 232 Å². The third kappa shape index (κ3) is 4.68. The van der Waals surface area contributed by atoms with E-state index < -0.39 is 0 Å². The average molecular weight is 546 g/mol. The van der Waals surface area contributed by atoms with Crippen LogP contribution in [-0.4, -0.2) is 87.7 Å². The van der Waals surface area contributed by atoms with Gasteiger partial charge in [0.15, 0.2) is 5.82 Å². The van der Waals surface area contributed by atoms with E-state index in [1.807, 2.05) is 18.2 Å². The predicted molar refractivity (Wildman–Crippen MR) is 154 cm³/mol. The number of anilines is 1. The summed E-state index contributed by atoms with van der Waals surface area (Å²) in [5.74, 6) is 3.60. The first-order valence-corrected chi connectivity index (χ1v) is 15.0. The van der Waals surface area contributed by atoms with Crippen molar-refractivity contribution in [2.45, 2.75) is 39.7 Å². The topological polar surface area (TPSA) is 79.6 Å². The Kier molecular flexibility index (Phi) is 6.49. The number of nitrogens with zero attached hydrogens (tertiary/aromatic N) is 7. The van der Waals surface area contributed by atoms with E-state index in [4.69, 9.17) is 19.7 Å². The average Bonchev–Trinajstić information content (AvgIpc) is 3.62. The van der Waals surface area contributed by atoms with Gasteiger partial charge in [-0.25, -0.2) is 9.97 Å². The monoisotopic (exact) mass is 545 g/mol. The van der Waals surface area contributed by atoms with Gasteiger partial charge in [0.05, 0.1) is 41.0 Å². The maximum atomic E-state index is 12.9. The molecule has 0 spiro atoms. The van der Waals surface area contributed by atoms with E-state index in [1.54, 1.807) is 11.3 Å². The Hall–Kier alpha value is -3.08. The molecule has 0 radical (unpaired) electrons. The SMILES string of the molecule is CCc1nc2ccccc2n1-c1nc(N2CCOCC2)c2sc(CN3CCN(CC4CC4)C(=O)C3)c(C)c2n1. The second-order valence-electron chi connectivity index (χ2n) is 11.0. The van der Waals surface area contributed by atoms with Gasteiger partial charge in [-0.05, 0) is 43.4 Å². The number of carbonyl (C=O) groups is 1. The molecule has 0 unspecified atom stereocenters. The number of amides is 1. The molecule has 3 fully saturated rings. The molecule has 3 aliphatic rings. The van der Waals surface area contributed by atoms with Crippen molar-refractivity contribution >= 4 is 44.3 Å². The van der Waals surface area contributed by atoms with Crippen molar-refractivity contribution in [1.82, 2.24) is 29.3 Å². The number of para-hydroxylation sites is 2. The van der Waals surface area contributed by atoms with Gasteiger partial charge in [-0.15, -0.1) is 11.3 Å². The molecule has 3 aromatic heterocycles. The molecule has 10 heteroatoms. The number of fused-ring (bicyclic) bond motifs is 2. The lowest BCUT2D eigenvalue weighted by molar-refractivity contribution is -0.136. The zero-order valence-corrected chi connectivity index (χ0v) is 23.5. The molecule has 1 saturated carbocycles. The molecule has 9 nitrogen and oxygen atoms in total. The third-order valence-corrected chi connectivity index (χ3v) is 9.49. The molecule has 2 saturated heterocycles.